The Labute approximate surface area is 147 Å². The fraction of sp³-hybridized carbons (Fsp3) is 0.188. The second kappa shape index (κ2) is 6.15. The fourth-order valence-electron chi connectivity index (χ4n) is 2.54. The van der Waals surface area contributed by atoms with Gasteiger partial charge >= 0.3 is 0 Å². The lowest BCUT2D eigenvalue weighted by atomic mass is 9.96. The lowest BCUT2D eigenvalue weighted by Gasteiger charge is -2.27. The molecule has 0 bridgehead atoms. The third-order valence-electron chi connectivity index (χ3n) is 3.56. The summed E-state index contributed by atoms with van der Waals surface area (Å²) in [5, 5.41) is 7.76. The van der Waals surface area contributed by atoms with Crippen LogP contribution in [0.4, 0.5) is 5.69 Å². The van der Waals surface area contributed by atoms with Crippen molar-refractivity contribution in [1.29, 1.82) is 0 Å². The first-order chi connectivity index (χ1) is 10.1. The SMILES string of the molecule is C[C@@H]1C=NN(c2ccc(Cl)cc2Cl)[C@H]1c1ccc(I)cc1. The van der Waals surface area contributed by atoms with E-state index in [2.05, 4.69) is 58.9 Å². The highest BCUT2D eigenvalue weighted by molar-refractivity contribution is 14.1. The summed E-state index contributed by atoms with van der Waals surface area (Å²) < 4.78 is 1.22. The zero-order valence-electron chi connectivity index (χ0n) is 11.3. The van der Waals surface area contributed by atoms with E-state index in [-0.39, 0.29) is 6.04 Å². The molecule has 0 aromatic heterocycles. The largest absolute Gasteiger partial charge is 0.256 e. The van der Waals surface area contributed by atoms with Crippen LogP contribution in [0.25, 0.3) is 0 Å². The van der Waals surface area contributed by atoms with Gasteiger partial charge in [0, 0.05) is 20.7 Å². The first-order valence-corrected chi connectivity index (χ1v) is 8.43. The standard InChI is InChI=1S/C16H13Cl2IN2/c1-10-9-20-21(15-7-4-12(17)8-14(15)18)16(10)11-2-5-13(19)6-3-11/h2-10,16H,1H3/t10-,16-/m1/s1. The third-order valence-corrected chi connectivity index (χ3v) is 4.81. The second-order valence-electron chi connectivity index (χ2n) is 5.06. The van der Waals surface area contributed by atoms with Crippen LogP contribution in [0.1, 0.15) is 18.5 Å². The molecule has 0 fully saturated rings. The first-order valence-electron chi connectivity index (χ1n) is 6.60. The highest BCUT2D eigenvalue weighted by Gasteiger charge is 2.31. The first kappa shape index (κ1) is 15.1. The molecule has 3 rings (SSSR count). The number of benzene rings is 2. The molecule has 0 N–H and O–H groups in total. The van der Waals surface area contributed by atoms with Crippen LogP contribution >= 0.6 is 45.8 Å². The van der Waals surface area contributed by atoms with Crippen molar-refractivity contribution in [3.63, 3.8) is 0 Å². The molecular formula is C16H13Cl2IN2. The fourth-order valence-corrected chi connectivity index (χ4v) is 3.39. The van der Waals surface area contributed by atoms with E-state index in [9.17, 15) is 0 Å². The average Bonchev–Trinajstić information content (AvgIpc) is 2.82. The maximum absolute atomic E-state index is 6.33. The Kier molecular flexibility index (Phi) is 4.43. The monoisotopic (exact) mass is 430 g/mol. The summed E-state index contributed by atoms with van der Waals surface area (Å²) in [5.41, 5.74) is 2.11. The molecular weight excluding hydrogens is 418 g/mol. The molecule has 2 atom stereocenters. The normalized spacial score (nSPS) is 21.0. The van der Waals surface area contributed by atoms with E-state index >= 15 is 0 Å². The summed E-state index contributed by atoms with van der Waals surface area (Å²) in [7, 11) is 0. The van der Waals surface area contributed by atoms with Crippen molar-refractivity contribution in [2.75, 3.05) is 5.01 Å². The van der Waals surface area contributed by atoms with E-state index in [0.717, 1.165) is 5.69 Å². The molecule has 0 saturated heterocycles. The number of hydrogen-bond donors (Lipinski definition) is 0. The van der Waals surface area contributed by atoms with Gasteiger partial charge in [-0.3, -0.25) is 5.01 Å². The molecule has 2 aromatic rings. The van der Waals surface area contributed by atoms with E-state index in [4.69, 9.17) is 23.2 Å². The quantitative estimate of drug-likeness (QED) is 0.551. The van der Waals surface area contributed by atoms with Gasteiger partial charge in [-0.2, -0.15) is 5.10 Å². The van der Waals surface area contributed by atoms with Crippen LogP contribution in [0, 0.1) is 9.49 Å². The number of rotatable bonds is 2. The molecule has 21 heavy (non-hydrogen) atoms. The van der Waals surface area contributed by atoms with Gasteiger partial charge in [-0.25, -0.2) is 0 Å². The van der Waals surface area contributed by atoms with E-state index in [1.54, 1.807) is 6.07 Å². The minimum absolute atomic E-state index is 0.153. The minimum Gasteiger partial charge on any atom is -0.256 e. The van der Waals surface area contributed by atoms with Gasteiger partial charge in [0.2, 0.25) is 0 Å². The van der Waals surface area contributed by atoms with Crippen molar-refractivity contribution in [2.24, 2.45) is 11.0 Å². The van der Waals surface area contributed by atoms with Crippen LogP contribution in [0.15, 0.2) is 47.6 Å². The summed E-state index contributed by atoms with van der Waals surface area (Å²) in [6, 6.07) is 14.2. The summed E-state index contributed by atoms with van der Waals surface area (Å²) in [4.78, 5) is 0. The van der Waals surface area contributed by atoms with Gasteiger partial charge in [0.25, 0.3) is 0 Å². The van der Waals surface area contributed by atoms with Crippen LogP contribution in [-0.4, -0.2) is 6.21 Å². The maximum atomic E-state index is 6.33. The smallest absolute Gasteiger partial charge is 0.0851 e. The van der Waals surface area contributed by atoms with Crippen molar-refractivity contribution in [1.82, 2.24) is 0 Å². The highest BCUT2D eigenvalue weighted by Crippen LogP contribution is 2.40. The van der Waals surface area contributed by atoms with Crippen molar-refractivity contribution < 1.29 is 0 Å². The third kappa shape index (κ3) is 3.05. The number of nitrogens with zero attached hydrogens (tertiary/aromatic N) is 2. The number of hydrazone groups is 1. The van der Waals surface area contributed by atoms with Crippen LogP contribution < -0.4 is 5.01 Å². The van der Waals surface area contributed by atoms with Crippen LogP contribution in [-0.2, 0) is 0 Å². The molecule has 2 aromatic carbocycles. The lowest BCUT2D eigenvalue weighted by Crippen LogP contribution is -2.23. The van der Waals surface area contributed by atoms with Crippen molar-refractivity contribution in [3.8, 4) is 0 Å². The molecule has 0 unspecified atom stereocenters. The van der Waals surface area contributed by atoms with Gasteiger partial charge in [-0.05, 0) is 58.5 Å². The van der Waals surface area contributed by atoms with Crippen molar-refractivity contribution in [2.45, 2.75) is 13.0 Å². The Balaban J connectivity index is 2.00. The molecule has 2 nitrogen and oxygen atoms in total. The van der Waals surface area contributed by atoms with Gasteiger partial charge in [0.05, 0.1) is 16.8 Å². The molecule has 1 aliphatic heterocycles. The predicted octanol–water partition coefficient (Wildman–Crippen LogP) is 5.78. The summed E-state index contributed by atoms with van der Waals surface area (Å²) in [6.45, 7) is 2.16. The van der Waals surface area contributed by atoms with Gasteiger partial charge in [0.1, 0.15) is 0 Å². The van der Waals surface area contributed by atoms with Gasteiger partial charge < -0.3 is 0 Å². The van der Waals surface area contributed by atoms with E-state index in [0.29, 0.717) is 16.0 Å². The van der Waals surface area contributed by atoms with Crippen molar-refractivity contribution >= 4 is 57.7 Å². The number of anilines is 1. The van der Waals surface area contributed by atoms with E-state index < -0.39 is 0 Å². The predicted molar refractivity (Wildman–Crippen MR) is 98.5 cm³/mol. The highest BCUT2D eigenvalue weighted by atomic mass is 127. The molecule has 0 spiro atoms. The zero-order chi connectivity index (χ0) is 15.0. The van der Waals surface area contributed by atoms with Gasteiger partial charge in [-0.1, -0.05) is 42.3 Å². The number of hydrogen-bond acceptors (Lipinski definition) is 2. The maximum Gasteiger partial charge on any atom is 0.0851 e. The van der Waals surface area contributed by atoms with Gasteiger partial charge in [-0.15, -0.1) is 0 Å². The lowest BCUT2D eigenvalue weighted by molar-refractivity contribution is 0.592. The minimum atomic E-state index is 0.153. The van der Waals surface area contributed by atoms with Crippen LogP contribution in [0.3, 0.4) is 0 Å². The average molecular weight is 431 g/mol. The molecule has 5 heteroatoms. The molecule has 0 saturated carbocycles. The molecule has 0 radical (unpaired) electrons. The number of halogens is 3. The molecule has 0 aliphatic carbocycles. The Morgan fingerprint density at radius 3 is 2.48 bits per heavy atom. The van der Waals surface area contributed by atoms with Crippen LogP contribution in [0.2, 0.25) is 10.0 Å². The summed E-state index contributed by atoms with van der Waals surface area (Å²) in [6.07, 6.45) is 1.97. The van der Waals surface area contributed by atoms with Crippen molar-refractivity contribution in [3.05, 3.63) is 61.6 Å². The van der Waals surface area contributed by atoms with Gasteiger partial charge in [0.15, 0.2) is 0 Å². The molecule has 1 heterocycles. The molecule has 0 amide bonds. The Bertz CT molecular complexity index is 685. The van der Waals surface area contributed by atoms with Crippen LogP contribution in [0.5, 0.6) is 0 Å². The Morgan fingerprint density at radius 1 is 1.10 bits per heavy atom. The summed E-state index contributed by atoms with van der Waals surface area (Å²) >= 11 is 14.6. The zero-order valence-corrected chi connectivity index (χ0v) is 15.0. The topological polar surface area (TPSA) is 15.6 Å². The Hall–Kier alpha value is -0.780. The molecule has 108 valence electrons. The second-order valence-corrected chi connectivity index (χ2v) is 7.15. The van der Waals surface area contributed by atoms with E-state index in [1.807, 2.05) is 23.4 Å². The summed E-state index contributed by atoms with van der Waals surface area (Å²) in [5.74, 6) is 0.316. The molecule has 1 aliphatic rings. The van der Waals surface area contributed by atoms with E-state index in [1.165, 1.54) is 9.13 Å². The Morgan fingerprint density at radius 2 is 1.81 bits per heavy atom.